The SMILES string of the molecule is CC(C)OC(=O)[C@H](C)NP(=S)(OC[C@@]1(F)O[C@@H](n2ccc(=O)[nH]c2=O)[C@](C)(O)[C@@H]1O)Oc1cccc2ccccc12. The number of aliphatic hydroxyl groups excluding tert-OH is 1. The van der Waals surface area contributed by atoms with Crippen LogP contribution in [0, 0.1) is 0 Å². The van der Waals surface area contributed by atoms with Gasteiger partial charge in [0.2, 0.25) is 0 Å². The summed E-state index contributed by atoms with van der Waals surface area (Å²) in [4.78, 5) is 38.3. The van der Waals surface area contributed by atoms with Gasteiger partial charge in [-0.1, -0.05) is 36.4 Å². The molecule has 4 rings (SSSR count). The van der Waals surface area contributed by atoms with Crippen molar-refractivity contribution in [1.29, 1.82) is 0 Å². The van der Waals surface area contributed by atoms with Gasteiger partial charge in [-0.15, -0.1) is 0 Å². The number of halogens is 1. The highest BCUT2D eigenvalue weighted by Crippen LogP contribution is 2.51. The van der Waals surface area contributed by atoms with Gasteiger partial charge in [0.1, 0.15) is 30.1 Å². The van der Waals surface area contributed by atoms with Gasteiger partial charge in [0.15, 0.2) is 6.23 Å². The molecule has 0 bridgehead atoms. The van der Waals surface area contributed by atoms with Crippen LogP contribution >= 0.6 is 6.64 Å². The molecular weight excluding hydrogens is 580 g/mol. The number of fused-ring (bicyclic) bond motifs is 1. The summed E-state index contributed by atoms with van der Waals surface area (Å²) in [5, 5.41) is 26.0. The minimum absolute atomic E-state index is 0.286. The molecule has 1 unspecified atom stereocenters. The summed E-state index contributed by atoms with van der Waals surface area (Å²) in [7, 11) is 0. The Kier molecular flexibility index (Phi) is 8.86. The monoisotopic (exact) mass is 611 g/mol. The van der Waals surface area contributed by atoms with Crippen LogP contribution in [0.1, 0.15) is 33.9 Å². The van der Waals surface area contributed by atoms with Crippen molar-refractivity contribution >= 4 is 35.2 Å². The Morgan fingerprint density at radius 1 is 1.22 bits per heavy atom. The molecule has 3 aromatic rings. The van der Waals surface area contributed by atoms with E-state index in [2.05, 4.69) is 5.09 Å². The molecule has 41 heavy (non-hydrogen) atoms. The molecule has 222 valence electrons. The molecule has 0 saturated carbocycles. The number of aromatic nitrogens is 2. The van der Waals surface area contributed by atoms with Crippen molar-refractivity contribution in [1.82, 2.24) is 14.6 Å². The molecule has 0 aliphatic carbocycles. The number of nitrogens with zero attached hydrogens (tertiary/aromatic N) is 1. The van der Waals surface area contributed by atoms with E-state index in [1.54, 1.807) is 38.1 Å². The second-order valence-electron chi connectivity index (χ2n) is 10.1. The summed E-state index contributed by atoms with van der Waals surface area (Å²) in [5.41, 5.74) is -4.06. The Morgan fingerprint density at radius 3 is 2.59 bits per heavy atom. The van der Waals surface area contributed by atoms with E-state index in [-0.39, 0.29) is 5.75 Å². The standard InChI is InChI=1S/C26H31FN3O9PS/c1-15(2)37-21(32)16(3)29-40(41,39-19-11-7-9-17-8-5-6-10-18(17)19)36-14-26(27)22(33)25(4,35)23(38-26)30-13-12-20(31)28-24(30)34/h5-13,15-16,22-23,33,35H,14H2,1-4H3,(H,29,41)(H,28,31,34)/t16-,22-,23+,25+,26+,40?/m0/s1. The Labute approximate surface area is 239 Å². The Balaban J connectivity index is 1.64. The van der Waals surface area contributed by atoms with Crippen molar-refractivity contribution in [3.05, 3.63) is 75.6 Å². The van der Waals surface area contributed by atoms with E-state index < -0.39 is 66.4 Å². The van der Waals surface area contributed by atoms with Gasteiger partial charge < -0.3 is 28.7 Å². The third-order valence-electron chi connectivity index (χ3n) is 6.33. The number of ether oxygens (including phenoxy) is 2. The average molecular weight is 612 g/mol. The predicted octanol–water partition coefficient (Wildman–Crippen LogP) is 2.25. The normalized spacial score (nSPS) is 26.5. The first-order valence-corrected chi connectivity index (χ1v) is 15.3. The minimum Gasteiger partial charge on any atom is -0.462 e. The summed E-state index contributed by atoms with van der Waals surface area (Å²) in [6.07, 6.45) is -3.41. The molecule has 1 saturated heterocycles. The highest BCUT2D eigenvalue weighted by atomic mass is 32.5. The number of nitrogens with one attached hydrogen (secondary N) is 2. The molecular formula is C26H31FN3O9PS. The van der Waals surface area contributed by atoms with E-state index in [0.29, 0.717) is 5.39 Å². The number of hydrogen-bond donors (Lipinski definition) is 4. The van der Waals surface area contributed by atoms with Crippen LogP contribution in [0.3, 0.4) is 0 Å². The fraction of sp³-hybridized carbons (Fsp3) is 0.423. The Bertz CT molecular complexity index is 1590. The maximum atomic E-state index is 16.2. The van der Waals surface area contributed by atoms with Crippen molar-refractivity contribution in [2.75, 3.05) is 6.61 Å². The topological polar surface area (TPSA) is 161 Å². The summed E-state index contributed by atoms with van der Waals surface area (Å²) < 4.78 is 39.4. The van der Waals surface area contributed by atoms with E-state index >= 15 is 4.39 Å². The second-order valence-corrected chi connectivity index (χ2v) is 13.2. The number of benzene rings is 2. The minimum atomic E-state index is -3.82. The van der Waals surface area contributed by atoms with Crippen LogP contribution in [-0.2, 0) is 30.6 Å². The van der Waals surface area contributed by atoms with Crippen molar-refractivity contribution in [3.8, 4) is 5.75 Å². The van der Waals surface area contributed by atoms with E-state index in [1.165, 1.54) is 6.92 Å². The molecule has 12 nitrogen and oxygen atoms in total. The van der Waals surface area contributed by atoms with Gasteiger partial charge in [-0.3, -0.25) is 19.1 Å². The largest absolute Gasteiger partial charge is 0.462 e. The zero-order valence-corrected chi connectivity index (χ0v) is 24.4. The number of alkyl halides is 1. The number of H-pyrrole nitrogens is 1. The molecule has 4 N–H and O–H groups in total. The van der Waals surface area contributed by atoms with Gasteiger partial charge in [-0.25, -0.2) is 14.3 Å². The number of hydrogen-bond acceptors (Lipinski definition) is 10. The maximum Gasteiger partial charge on any atom is 0.330 e. The van der Waals surface area contributed by atoms with Gasteiger partial charge in [0.25, 0.3) is 11.4 Å². The van der Waals surface area contributed by atoms with E-state index in [9.17, 15) is 24.6 Å². The predicted molar refractivity (Wildman–Crippen MR) is 151 cm³/mol. The molecule has 6 atom stereocenters. The van der Waals surface area contributed by atoms with Gasteiger partial charge in [-0.05, 0) is 51.0 Å². The molecule has 2 aromatic carbocycles. The average Bonchev–Trinajstić information content (AvgIpc) is 3.07. The number of rotatable bonds is 10. The van der Waals surface area contributed by atoms with E-state index in [1.807, 2.05) is 23.2 Å². The maximum absolute atomic E-state index is 16.2. The van der Waals surface area contributed by atoms with Crippen molar-refractivity contribution in [2.45, 2.75) is 63.6 Å². The summed E-state index contributed by atoms with van der Waals surface area (Å²) in [6.45, 7) is 0.989. The third kappa shape index (κ3) is 6.59. The van der Waals surface area contributed by atoms with Crippen LogP contribution in [0.25, 0.3) is 10.8 Å². The quantitative estimate of drug-likeness (QED) is 0.197. The van der Waals surface area contributed by atoms with Crippen LogP contribution in [-0.4, -0.2) is 62.0 Å². The van der Waals surface area contributed by atoms with Crippen LogP contribution in [0.4, 0.5) is 4.39 Å². The molecule has 0 amide bonds. The lowest BCUT2D eigenvalue weighted by atomic mass is 9.95. The van der Waals surface area contributed by atoms with Gasteiger partial charge in [0.05, 0.1) is 6.10 Å². The fourth-order valence-corrected chi connectivity index (χ4v) is 6.69. The number of carbonyl (C=O) groups excluding carboxylic acids is 1. The molecule has 0 spiro atoms. The van der Waals surface area contributed by atoms with Crippen LogP contribution in [0.2, 0.25) is 0 Å². The lowest BCUT2D eigenvalue weighted by molar-refractivity contribution is -0.203. The molecule has 0 radical (unpaired) electrons. The first-order valence-electron chi connectivity index (χ1n) is 12.6. The number of esters is 1. The first-order chi connectivity index (χ1) is 19.1. The Hall–Kier alpha value is -2.97. The zero-order valence-electron chi connectivity index (χ0n) is 22.6. The first kappa shape index (κ1) is 31.0. The van der Waals surface area contributed by atoms with Crippen LogP contribution in [0.15, 0.2) is 64.3 Å². The van der Waals surface area contributed by atoms with Crippen LogP contribution in [0.5, 0.6) is 5.75 Å². The molecule has 1 aliphatic heterocycles. The van der Waals surface area contributed by atoms with Gasteiger partial charge >= 0.3 is 18.3 Å². The highest BCUT2D eigenvalue weighted by Gasteiger charge is 2.63. The summed E-state index contributed by atoms with van der Waals surface area (Å²) in [5.74, 6) is -3.47. The van der Waals surface area contributed by atoms with Gasteiger partial charge in [-0.2, -0.15) is 0 Å². The Morgan fingerprint density at radius 2 is 1.90 bits per heavy atom. The van der Waals surface area contributed by atoms with Crippen molar-refractivity contribution < 1.29 is 37.9 Å². The molecule has 1 fully saturated rings. The number of aliphatic hydroxyl groups is 2. The lowest BCUT2D eigenvalue weighted by Crippen LogP contribution is -2.50. The molecule has 2 heterocycles. The summed E-state index contributed by atoms with van der Waals surface area (Å²) >= 11 is 5.68. The molecule has 1 aromatic heterocycles. The van der Waals surface area contributed by atoms with E-state index in [4.69, 9.17) is 30.3 Å². The highest BCUT2D eigenvalue weighted by molar-refractivity contribution is 8.09. The summed E-state index contributed by atoms with van der Waals surface area (Å²) in [6, 6.07) is 12.4. The lowest BCUT2D eigenvalue weighted by Gasteiger charge is -2.31. The van der Waals surface area contributed by atoms with Crippen molar-refractivity contribution in [3.63, 3.8) is 0 Å². The van der Waals surface area contributed by atoms with Crippen molar-refractivity contribution in [2.24, 2.45) is 0 Å². The van der Waals surface area contributed by atoms with Crippen LogP contribution < -0.4 is 20.9 Å². The zero-order chi connectivity index (χ0) is 30.2. The van der Waals surface area contributed by atoms with E-state index in [0.717, 1.165) is 29.1 Å². The molecule has 1 aliphatic rings. The number of carbonyl (C=O) groups is 1. The number of aromatic amines is 1. The third-order valence-corrected chi connectivity index (χ3v) is 8.80. The molecule has 15 heteroatoms. The fourth-order valence-electron chi connectivity index (χ4n) is 4.30. The van der Waals surface area contributed by atoms with Gasteiger partial charge in [0, 0.05) is 17.6 Å². The second kappa shape index (κ2) is 11.7. The smallest absolute Gasteiger partial charge is 0.330 e.